The van der Waals surface area contributed by atoms with Crippen LogP contribution in [0.3, 0.4) is 0 Å². The van der Waals surface area contributed by atoms with Crippen molar-refractivity contribution in [2.24, 2.45) is 0 Å². The number of carbonyl (C=O) groups excluding carboxylic acids is 1. The molecule has 1 rings (SSSR count). The summed E-state index contributed by atoms with van der Waals surface area (Å²) in [5.41, 5.74) is 0.140. The molecule has 112 valence electrons. The van der Waals surface area contributed by atoms with Crippen molar-refractivity contribution in [2.45, 2.75) is 6.36 Å². The van der Waals surface area contributed by atoms with Crippen molar-refractivity contribution < 1.29 is 32.9 Å². The fourth-order valence-electron chi connectivity index (χ4n) is 1.54. The lowest BCUT2D eigenvalue weighted by atomic mass is 10.2. The van der Waals surface area contributed by atoms with E-state index in [2.05, 4.69) is 4.74 Å². The summed E-state index contributed by atoms with van der Waals surface area (Å²) >= 11 is 0. The summed E-state index contributed by atoms with van der Waals surface area (Å²) in [5, 5.41) is 17.6. The minimum atomic E-state index is -4.79. The summed E-state index contributed by atoms with van der Waals surface area (Å²) in [7, 11) is 0. The van der Waals surface area contributed by atoms with Crippen molar-refractivity contribution >= 4 is 5.91 Å². The second-order valence-corrected chi connectivity index (χ2v) is 3.81. The maximum atomic E-state index is 12.0. The summed E-state index contributed by atoms with van der Waals surface area (Å²) in [6, 6.07) is 4.42. The summed E-state index contributed by atoms with van der Waals surface area (Å²) in [4.78, 5) is 13.2. The molecule has 1 amide bonds. The van der Waals surface area contributed by atoms with Crippen molar-refractivity contribution in [2.75, 3.05) is 26.3 Å². The zero-order valence-electron chi connectivity index (χ0n) is 10.4. The van der Waals surface area contributed by atoms with E-state index >= 15 is 0 Å². The van der Waals surface area contributed by atoms with E-state index in [1.54, 1.807) is 0 Å². The van der Waals surface area contributed by atoms with Crippen LogP contribution in [0.25, 0.3) is 0 Å². The van der Waals surface area contributed by atoms with Crippen LogP contribution >= 0.6 is 0 Å². The number of halogens is 3. The van der Waals surface area contributed by atoms with Gasteiger partial charge in [0.15, 0.2) is 0 Å². The minimum Gasteiger partial charge on any atom is -0.406 e. The number of alkyl halides is 3. The maximum absolute atomic E-state index is 12.0. The molecule has 0 bridgehead atoms. The summed E-state index contributed by atoms with van der Waals surface area (Å²) in [6.45, 7) is -0.498. The van der Waals surface area contributed by atoms with Gasteiger partial charge in [-0.25, -0.2) is 0 Å². The summed E-state index contributed by atoms with van der Waals surface area (Å²) < 4.78 is 39.6. The first-order chi connectivity index (χ1) is 9.37. The molecule has 0 spiro atoms. The molecule has 2 N–H and O–H groups in total. The van der Waals surface area contributed by atoms with Crippen LogP contribution in [0, 0.1) is 0 Å². The van der Waals surface area contributed by atoms with Gasteiger partial charge in [0.05, 0.1) is 13.2 Å². The van der Waals surface area contributed by atoms with Crippen LogP contribution in [0.1, 0.15) is 10.4 Å². The van der Waals surface area contributed by atoms with Gasteiger partial charge in [-0.1, -0.05) is 0 Å². The van der Waals surface area contributed by atoms with Crippen LogP contribution in [-0.4, -0.2) is 53.7 Å². The van der Waals surface area contributed by atoms with Gasteiger partial charge in [0.1, 0.15) is 5.75 Å². The number of rotatable bonds is 6. The standard InChI is InChI=1S/C12H14F3NO4/c13-12(14,15)20-10-3-1-9(2-4-10)11(19)16(5-7-17)6-8-18/h1-4,17-18H,5-8H2. The minimum absolute atomic E-state index is 0.0280. The molecule has 0 aliphatic carbocycles. The monoisotopic (exact) mass is 293 g/mol. The third-order valence-corrected chi connectivity index (χ3v) is 2.36. The molecule has 5 nitrogen and oxygen atoms in total. The Balaban J connectivity index is 2.78. The third-order valence-electron chi connectivity index (χ3n) is 2.36. The first-order valence-electron chi connectivity index (χ1n) is 5.74. The Labute approximate surface area is 113 Å². The lowest BCUT2D eigenvalue weighted by Gasteiger charge is -2.20. The largest absolute Gasteiger partial charge is 0.573 e. The molecule has 0 saturated carbocycles. The van der Waals surface area contributed by atoms with Gasteiger partial charge in [0.25, 0.3) is 5.91 Å². The van der Waals surface area contributed by atoms with Gasteiger partial charge in [-0.05, 0) is 24.3 Å². The number of hydrogen-bond donors (Lipinski definition) is 2. The first kappa shape index (κ1) is 16.3. The van der Waals surface area contributed by atoms with Crippen LogP contribution in [0.4, 0.5) is 13.2 Å². The average molecular weight is 293 g/mol. The molecule has 8 heteroatoms. The molecular formula is C12H14F3NO4. The Hall–Kier alpha value is -1.80. The van der Waals surface area contributed by atoms with Gasteiger partial charge in [-0.3, -0.25) is 4.79 Å². The zero-order valence-corrected chi connectivity index (χ0v) is 10.4. The molecular weight excluding hydrogens is 279 g/mol. The predicted molar refractivity (Wildman–Crippen MR) is 63.2 cm³/mol. The van der Waals surface area contributed by atoms with Gasteiger partial charge in [-0.2, -0.15) is 0 Å². The van der Waals surface area contributed by atoms with Crippen LogP contribution < -0.4 is 4.74 Å². The van der Waals surface area contributed by atoms with E-state index in [4.69, 9.17) is 10.2 Å². The predicted octanol–water partition coefficient (Wildman–Crippen LogP) is 1.01. The van der Waals surface area contributed by atoms with Crippen LogP contribution in [0.15, 0.2) is 24.3 Å². The third kappa shape index (κ3) is 5.06. The first-order valence-corrected chi connectivity index (χ1v) is 5.74. The van der Waals surface area contributed by atoms with E-state index in [1.807, 2.05) is 0 Å². The highest BCUT2D eigenvalue weighted by Gasteiger charge is 2.31. The lowest BCUT2D eigenvalue weighted by molar-refractivity contribution is -0.274. The van der Waals surface area contributed by atoms with E-state index in [0.29, 0.717) is 0 Å². The molecule has 0 saturated heterocycles. The molecule has 1 aromatic carbocycles. The van der Waals surface area contributed by atoms with E-state index in [9.17, 15) is 18.0 Å². The van der Waals surface area contributed by atoms with E-state index in [-0.39, 0.29) is 31.9 Å². The molecule has 20 heavy (non-hydrogen) atoms. The number of hydrogen-bond acceptors (Lipinski definition) is 4. The van der Waals surface area contributed by atoms with Crippen LogP contribution in [0.5, 0.6) is 5.75 Å². The van der Waals surface area contributed by atoms with Crippen LogP contribution in [0.2, 0.25) is 0 Å². The number of aliphatic hydroxyl groups is 2. The molecule has 0 aromatic heterocycles. The van der Waals surface area contributed by atoms with Crippen molar-refractivity contribution in [3.05, 3.63) is 29.8 Å². The zero-order chi connectivity index (χ0) is 15.2. The normalized spacial score (nSPS) is 11.2. The van der Waals surface area contributed by atoms with Crippen molar-refractivity contribution in [1.29, 1.82) is 0 Å². The van der Waals surface area contributed by atoms with E-state index in [1.165, 1.54) is 17.0 Å². The maximum Gasteiger partial charge on any atom is 0.573 e. The molecule has 0 atom stereocenters. The Morgan fingerprint density at radius 2 is 1.60 bits per heavy atom. The average Bonchev–Trinajstić information content (AvgIpc) is 2.37. The van der Waals surface area contributed by atoms with E-state index < -0.39 is 18.0 Å². The van der Waals surface area contributed by atoms with Crippen molar-refractivity contribution in [3.63, 3.8) is 0 Å². The number of nitrogens with zero attached hydrogens (tertiary/aromatic N) is 1. The molecule has 0 radical (unpaired) electrons. The van der Waals surface area contributed by atoms with Gasteiger partial charge in [0, 0.05) is 18.7 Å². The molecule has 0 unspecified atom stereocenters. The molecule has 1 aromatic rings. The quantitative estimate of drug-likeness (QED) is 0.821. The molecule has 0 aliphatic heterocycles. The summed E-state index contributed by atoms with van der Waals surface area (Å²) in [6.07, 6.45) is -4.79. The number of carbonyl (C=O) groups is 1. The van der Waals surface area contributed by atoms with Gasteiger partial charge < -0.3 is 19.8 Å². The SMILES string of the molecule is O=C(c1ccc(OC(F)(F)F)cc1)N(CCO)CCO. The highest BCUT2D eigenvalue weighted by Crippen LogP contribution is 2.23. The molecule has 0 fully saturated rings. The number of amides is 1. The number of ether oxygens (including phenoxy) is 1. The number of benzene rings is 1. The Morgan fingerprint density at radius 1 is 1.10 bits per heavy atom. The Kier molecular flexibility index (Phi) is 5.78. The Morgan fingerprint density at radius 3 is 2.00 bits per heavy atom. The molecule has 0 heterocycles. The van der Waals surface area contributed by atoms with Gasteiger partial charge in [0.2, 0.25) is 0 Å². The highest BCUT2D eigenvalue weighted by atomic mass is 19.4. The fraction of sp³-hybridized carbons (Fsp3) is 0.417. The number of aliphatic hydroxyl groups excluding tert-OH is 2. The van der Waals surface area contributed by atoms with Gasteiger partial charge in [-0.15, -0.1) is 13.2 Å². The lowest BCUT2D eigenvalue weighted by Crippen LogP contribution is -2.35. The van der Waals surface area contributed by atoms with Crippen molar-refractivity contribution in [1.82, 2.24) is 4.90 Å². The second-order valence-electron chi connectivity index (χ2n) is 3.81. The topological polar surface area (TPSA) is 70.0 Å². The van der Waals surface area contributed by atoms with E-state index in [0.717, 1.165) is 12.1 Å². The highest BCUT2D eigenvalue weighted by molar-refractivity contribution is 5.94. The Bertz CT molecular complexity index is 427. The van der Waals surface area contributed by atoms with Crippen LogP contribution in [-0.2, 0) is 0 Å². The molecule has 0 aliphatic rings. The second kappa shape index (κ2) is 7.11. The van der Waals surface area contributed by atoms with Crippen molar-refractivity contribution in [3.8, 4) is 5.75 Å². The summed E-state index contributed by atoms with van der Waals surface area (Å²) in [5.74, 6) is -0.920. The smallest absolute Gasteiger partial charge is 0.406 e. The fourth-order valence-corrected chi connectivity index (χ4v) is 1.54. The van der Waals surface area contributed by atoms with Gasteiger partial charge >= 0.3 is 6.36 Å².